The van der Waals surface area contributed by atoms with Crippen molar-refractivity contribution in [2.24, 2.45) is 0 Å². The predicted octanol–water partition coefficient (Wildman–Crippen LogP) is 3.11. The molecule has 1 aliphatic heterocycles. The minimum Gasteiger partial charge on any atom is -0.378 e. The Hall–Kier alpha value is -2.60. The molecule has 2 aromatic rings. The quantitative estimate of drug-likeness (QED) is 0.490. The molecule has 3 rings (SSSR count). The zero-order valence-corrected chi connectivity index (χ0v) is 11.8. The zero-order valence-electron chi connectivity index (χ0n) is 11.8. The van der Waals surface area contributed by atoms with Gasteiger partial charge in [0.1, 0.15) is 0 Å². The van der Waals surface area contributed by atoms with E-state index in [9.17, 15) is 10.1 Å². The second kappa shape index (κ2) is 5.06. The summed E-state index contributed by atoms with van der Waals surface area (Å²) in [6, 6.07) is 14.4. The fourth-order valence-corrected chi connectivity index (χ4v) is 2.15. The van der Waals surface area contributed by atoms with Crippen molar-refractivity contribution in [2.45, 2.75) is 6.23 Å². The van der Waals surface area contributed by atoms with Crippen LogP contribution in [0.5, 0.6) is 0 Å². The first kappa shape index (κ1) is 13.4. The Morgan fingerprint density at radius 3 is 2.52 bits per heavy atom. The number of non-ortho nitro benzene ring substituents is 1. The normalized spacial score (nSPS) is 16.7. The predicted molar refractivity (Wildman–Crippen MR) is 80.2 cm³/mol. The molecular formula is C15H15N3O3. The number of hydrogen-bond acceptors (Lipinski definition) is 5. The first-order valence-electron chi connectivity index (χ1n) is 6.54. The molecule has 6 nitrogen and oxygen atoms in total. The fraction of sp³-hybridized carbons (Fsp3) is 0.200. The van der Waals surface area contributed by atoms with Crippen LogP contribution in [0.25, 0.3) is 0 Å². The van der Waals surface area contributed by atoms with Crippen molar-refractivity contribution in [3.8, 4) is 0 Å². The van der Waals surface area contributed by atoms with Gasteiger partial charge in [0.05, 0.1) is 10.6 Å². The third-order valence-electron chi connectivity index (χ3n) is 3.37. The van der Waals surface area contributed by atoms with Gasteiger partial charge in [-0.3, -0.25) is 10.1 Å². The largest absolute Gasteiger partial charge is 0.378 e. The molecule has 1 aliphatic rings. The maximum atomic E-state index is 10.8. The molecule has 0 saturated carbocycles. The molecule has 21 heavy (non-hydrogen) atoms. The van der Waals surface area contributed by atoms with Gasteiger partial charge >= 0.3 is 0 Å². The molecular weight excluding hydrogens is 270 g/mol. The van der Waals surface area contributed by atoms with Gasteiger partial charge in [0.2, 0.25) is 6.23 Å². The van der Waals surface area contributed by atoms with Gasteiger partial charge < -0.3 is 4.90 Å². The lowest BCUT2D eigenvalue weighted by molar-refractivity contribution is -0.384. The Kier molecular flexibility index (Phi) is 3.23. The molecule has 6 heteroatoms. The molecule has 0 spiro atoms. The second-order valence-corrected chi connectivity index (χ2v) is 5.05. The van der Waals surface area contributed by atoms with Crippen molar-refractivity contribution in [1.29, 1.82) is 0 Å². The summed E-state index contributed by atoms with van der Waals surface area (Å²) in [6.45, 7) is 0. The van der Waals surface area contributed by atoms with Crippen molar-refractivity contribution in [3.05, 3.63) is 64.2 Å². The van der Waals surface area contributed by atoms with Gasteiger partial charge in [-0.2, -0.15) is 0 Å². The van der Waals surface area contributed by atoms with Gasteiger partial charge in [-0.05, 0) is 18.2 Å². The highest BCUT2D eigenvalue weighted by Gasteiger charge is 2.39. The van der Waals surface area contributed by atoms with Crippen LogP contribution in [-0.2, 0) is 4.84 Å². The monoisotopic (exact) mass is 285 g/mol. The summed E-state index contributed by atoms with van der Waals surface area (Å²) in [7, 11) is 3.97. The zero-order chi connectivity index (χ0) is 15.0. The number of hydroxylamine groups is 1. The number of rotatable bonds is 4. The molecule has 0 aromatic heterocycles. The first-order chi connectivity index (χ1) is 10.1. The van der Waals surface area contributed by atoms with Crippen LogP contribution in [0, 0.1) is 10.1 Å². The number of nitro groups is 1. The lowest BCUT2D eigenvalue weighted by atomic mass is 10.2. The van der Waals surface area contributed by atoms with Gasteiger partial charge in [-0.15, -0.1) is 0 Å². The highest BCUT2D eigenvalue weighted by atomic mass is 16.8. The van der Waals surface area contributed by atoms with Crippen LogP contribution in [0.15, 0.2) is 48.5 Å². The Bertz CT molecular complexity index is 670. The van der Waals surface area contributed by atoms with Crippen LogP contribution < -0.4 is 9.96 Å². The highest BCUT2D eigenvalue weighted by molar-refractivity contribution is 5.56. The molecule has 0 N–H and O–H groups in total. The molecule has 0 bridgehead atoms. The van der Waals surface area contributed by atoms with Crippen molar-refractivity contribution >= 4 is 17.1 Å². The maximum absolute atomic E-state index is 10.8. The summed E-state index contributed by atoms with van der Waals surface area (Å²) in [4.78, 5) is 17.9. The number of nitro benzene ring substituents is 1. The van der Waals surface area contributed by atoms with Crippen molar-refractivity contribution < 1.29 is 9.76 Å². The van der Waals surface area contributed by atoms with Crippen molar-refractivity contribution in [1.82, 2.24) is 0 Å². The number of anilines is 2. The van der Waals surface area contributed by atoms with Crippen LogP contribution in [0.1, 0.15) is 11.8 Å². The Labute approximate surface area is 122 Å². The third kappa shape index (κ3) is 2.66. The maximum Gasteiger partial charge on any atom is 0.271 e. The van der Waals surface area contributed by atoms with E-state index in [-0.39, 0.29) is 11.9 Å². The molecule has 108 valence electrons. The minimum absolute atomic E-state index is 0.0599. The van der Waals surface area contributed by atoms with E-state index in [1.54, 1.807) is 17.2 Å². The van der Waals surface area contributed by atoms with Gasteiger partial charge in [0, 0.05) is 37.5 Å². The molecule has 2 aromatic carbocycles. The average molecular weight is 285 g/mol. The van der Waals surface area contributed by atoms with E-state index in [1.165, 1.54) is 12.1 Å². The molecule has 0 aliphatic carbocycles. The Balaban J connectivity index is 1.76. The summed E-state index contributed by atoms with van der Waals surface area (Å²) in [5.74, 6) is 0. The Morgan fingerprint density at radius 1 is 1.19 bits per heavy atom. The molecule has 1 saturated heterocycles. The first-order valence-corrected chi connectivity index (χ1v) is 6.54. The van der Waals surface area contributed by atoms with E-state index in [2.05, 4.69) is 0 Å². The molecule has 0 radical (unpaired) electrons. The van der Waals surface area contributed by atoms with Crippen LogP contribution >= 0.6 is 0 Å². The second-order valence-electron chi connectivity index (χ2n) is 5.05. The SMILES string of the molecule is CN(C)c1ccc(C2ON2c2cccc([N+](=O)[O-])c2)cc1. The summed E-state index contributed by atoms with van der Waals surface area (Å²) >= 11 is 0. The van der Waals surface area contributed by atoms with E-state index in [0.717, 1.165) is 11.3 Å². The topological polar surface area (TPSA) is 61.9 Å². The Morgan fingerprint density at radius 2 is 1.90 bits per heavy atom. The van der Waals surface area contributed by atoms with E-state index >= 15 is 0 Å². The lowest BCUT2D eigenvalue weighted by Gasteiger charge is -2.12. The van der Waals surface area contributed by atoms with Crippen LogP contribution in [-0.4, -0.2) is 19.0 Å². The van der Waals surface area contributed by atoms with E-state index in [1.807, 2.05) is 43.3 Å². The van der Waals surface area contributed by atoms with Crippen LogP contribution in [0.2, 0.25) is 0 Å². The van der Waals surface area contributed by atoms with E-state index in [4.69, 9.17) is 4.84 Å². The van der Waals surface area contributed by atoms with E-state index in [0.29, 0.717) is 5.69 Å². The summed E-state index contributed by atoms with van der Waals surface area (Å²) in [5.41, 5.74) is 2.88. The van der Waals surface area contributed by atoms with Crippen LogP contribution in [0.4, 0.5) is 17.1 Å². The highest BCUT2D eigenvalue weighted by Crippen LogP contribution is 2.42. The van der Waals surface area contributed by atoms with Gasteiger partial charge in [-0.25, -0.2) is 9.90 Å². The summed E-state index contributed by atoms with van der Waals surface area (Å²) in [5, 5.41) is 12.5. The summed E-state index contributed by atoms with van der Waals surface area (Å²) < 4.78 is 0. The van der Waals surface area contributed by atoms with E-state index < -0.39 is 4.92 Å². The number of hydrogen-bond donors (Lipinski definition) is 0. The summed E-state index contributed by atoms with van der Waals surface area (Å²) in [6.07, 6.45) is -0.178. The van der Waals surface area contributed by atoms with Gasteiger partial charge in [-0.1, -0.05) is 18.2 Å². The molecule has 1 atom stereocenters. The smallest absolute Gasteiger partial charge is 0.271 e. The number of nitrogens with zero attached hydrogens (tertiary/aromatic N) is 3. The average Bonchev–Trinajstić information content (AvgIpc) is 3.28. The lowest BCUT2D eigenvalue weighted by Crippen LogP contribution is -2.08. The van der Waals surface area contributed by atoms with Gasteiger partial charge in [0.25, 0.3) is 5.69 Å². The van der Waals surface area contributed by atoms with Crippen LogP contribution in [0.3, 0.4) is 0 Å². The van der Waals surface area contributed by atoms with Gasteiger partial charge in [0.15, 0.2) is 0 Å². The third-order valence-corrected chi connectivity index (χ3v) is 3.37. The molecule has 1 fully saturated rings. The van der Waals surface area contributed by atoms with Crippen molar-refractivity contribution in [2.75, 3.05) is 24.1 Å². The molecule has 0 amide bonds. The molecule has 1 heterocycles. The van der Waals surface area contributed by atoms with Crippen molar-refractivity contribution in [3.63, 3.8) is 0 Å². The fourth-order valence-electron chi connectivity index (χ4n) is 2.15. The minimum atomic E-state index is -0.409. The number of benzene rings is 2. The standard InChI is InChI=1S/C15H15N3O3/c1-16(2)12-8-6-11(7-9-12)15-17(21-15)13-4-3-5-14(10-13)18(19)20/h3-10,15H,1-2H3. The molecule has 1 unspecified atom stereocenters.